The number of fused-ring (bicyclic) bond motifs is 1. The number of methoxy groups -OCH3 is 1. The van der Waals surface area contributed by atoms with Crippen molar-refractivity contribution in [2.45, 2.75) is 24.0 Å². The zero-order valence-corrected chi connectivity index (χ0v) is 16.9. The lowest BCUT2D eigenvalue weighted by atomic mass is 10.1. The van der Waals surface area contributed by atoms with Crippen LogP contribution >= 0.6 is 0 Å². The molecule has 1 aromatic heterocycles. The van der Waals surface area contributed by atoms with Crippen LogP contribution < -0.4 is 9.46 Å². The number of ether oxygens (including phenoxy) is 2. The van der Waals surface area contributed by atoms with Gasteiger partial charge in [0.2, 0.25) is 10.0 Å². The molecular weight excluding hydrogens is 390 g/mol. The fourth-order valence-electron chi connectivity index (χ4n) is 3.38. The van der Waals surface area contributed by atoms with Gasteiger partial charge in [-0.1, -0.05) is 36.4 Å². The van der Waals surface area contributed by atoms with E-state index in [1.165, 1.54) is 19.2 Å². The van der Waals surface area contributed by atoms with Crippen LogP contribution in [0.25, 0.3) is 0 Å². The molecular formula is C21H23N3O4S. The van der Waals surface area contributed by atoms with Gasteiger partial charge in [0.15, 0.2) is 0 Å². The number of hydrogen-bond donors (Lipinski definition) is 1. The Morgan fingerprint density at radius 2 is 2.03 bits per heavy atom. The summed E-state index contributed by atoms with van der Waals surface area (Å²) < 4.78 is 40.8. The highest BCUT2D eigenvalue weighted by Crippen LogP contribution is 2.26. The van der Waals surface area contributed by atoms with E-state index in [0.717, 1.165) is 23.2 Å². The molecule has 2 heterocycles. The second kappa shape index (κ2) is 8.36. The minimum atomic E-state index is -3.68. The normalized spacial score (nSPS) is 16.4. The molecule has 152 valence electrons. The summed E-state index contributed by atoms with van der Waals surface area (Å²) >= 11 is 0. The van der Waals surface area contributed by atoms with Gasteiger partial charge in [0.25, 0.3) is 0 Å². The molecule has 1 N–H and O–H groups in total. The van der Waals surface area contributed by atoms with Crippen molar-refractivity contribution < 1.29 is 17.9 Å². The number of nitrogens with one attached hydrogen (secondary N) is 1. The summed E-state index contributed by atoms with van der Waals surface area (Å²) in [5.41, 5.74) is 3.04. The molecule has 7 nitrogen and oxygen atoms in total. The Balaban J connectivity index is 1.48. The van der Waals surface area contributed by atoms with Crippen LogP contribution in [0, 0.1) is 0 Å². The van der Waals surface area contributed by atoms with Gasteiger partial charge in [-0.15, -0.1) is 0 Å². The van der Waals surface area contributed by atoms with Crippen molar-refractivity contribution in [3.63, 3.8) is 0 Å². The Labute approximate surface area is 170 Å². The number of nitrogens with zero attached hydrogens (tertiary/aromatic N) is 2. The van der Waals surface area contributed by atoms with Gasteiger partial charge in [-0.05, 0) is 29.7 Å². The van der Waals surface area contributed by atoms with Crippen molar-refractivity contribution in [2.24, 2.45) is 0 Å². The van der Waals surface area contributed by atoms with Crippen LogP contribution in [0.1, 0.15) is 22.9 Å². The average molecular weight is 413 g/mol. The summed E-state index contributed by atoms with van der Waals surface area (Å²) in [5, 5.41) is 4.67. The quantitative estimate of drug-likeness (QED) is 0.644. The van der Waals surface area contributed by atoms with Crippen molar-refractivity contribution in [3.05, 3.63) is 77.6 Å². The Kier molecular flexibility index (Phi) is 5.66. The zero-order valence-electron chi connectivity index (χ0n) is 16.1. The Morgan fingerprint density at radius 3 is 2.83 bits per heavy atom. The number of benzene rings is 2. The minimum absolute atomic E-state index is 0.120. The van der Waals surface area contributed by atoms with E-state index >= 15 is 0 Å². The van der Waals surface area contributed by atoms with Crippen molar-refractivity contribution in [3.8, 4) is 5.75 Å². The van der Waals surface area contributed by atoms with Crippen molar-refractivity contribution >= 4 is 10.0 Å². The molecule has 0 aliphatic carbocycles. The maximum absolute atomic E-state index is 12.7. The van der Waals surface area contributed by atoms with Crippen LogP contribution in [-0.2, 0) is 27.7 Å². The first-order valence-corrected chi connectivity index (χ1v) is 10.9. The molecule has 1 aliphatic rings. The summed E-state index contributed by atoms with van der Waals surface area (Å²) in [7, 11) is -2.18. The summed E-state index contributed by atoms with van der Waals surface area (Å²) in [5.74, 6) is 0.490. The first-order valence-electron chi connectivity index (χ1n) is 9.40. The van der Waals surface area contributed by atoms with Gasteiger partial charge >= 0.3 is 0 Å². The predicted octanol–water partition coefficient (Wildman–Crippen LogP) is 2.53. The molecule has 2 aromatic carbocycles. The summed E-state index contributed by atoms with van der Waals surface area (Å²) in [6, 6.07) is 16.5. The van der Waals surface area contributed by atoms with Gasteiger partial charge < -0.3 is 9.47 Å². The highest BCUT2D eigenvalue weighted by atomic mass is 32.2. The van der Waals surface area contributed by atoms with E-state index < -0.39 is 16.1 Å². The van der Waals surface area contributed by atoms with E-state index in [4.69, 9.17) is 9.47 Å². The third kappa shape index (κ3) is 4.50. The molecule has 1 atom stereocenters. The van der Waals surface area contributed by atoms with Crippen LogP contribution in [-0.4, -0.2) is 38.5 Å². The van der Waals surface area contributed by atoms with E-state index in [2.05, 4.69) is 22.0 Å². The van der Waals surface area contributed by atoms with Gasteiger partial charge in [-0.3, -0.25) is 4.68 Å². The van der Waals surface area contributed by atoms with Crippen LogP contribution in [0.2, 0.25) is 0 Å². The van der Waals surface area contributed by atoms with Crippen molar-refractivity contribution in [1.29, 1.82) is 0 Å². The van der Waals surface area contributed by atoms with Crippen molar-refractivity contribution in [1.82, 2.24) is 14.5 Å². The van der Waals surface area contributed by atoms with Crippen LogP contribution in [0.4, 0.5) is 0 Å². The number of aromatic nitrogens is 2. The molecule has 0 unspecified atom stereocenters. The monoisotopic (exact) mass is 413 g/mol. The summed E-state index contributed by atoms with van der Waals surface area (Å²) in [4.78, 5) is 0.155. The van der Waals surface area contributed by atoms with Gasteiger partial charge in [-0.2, -0.15) is 5.10 Å². The molecule has 0 radical (unpaired) electrons. The molecule has 0 saturated carbocycles. The average Bonchev–Trinajstić information content (AvgIpc) is 3.16. The molecule has 0 bridgehead atoms. The summed E-state index contributed by atoms with van der Waals surface area (Å²) in [6.45, 7) is 1.32. The lowest BCUT2D eigenvalue weighted by Crippen LogP contribution is -2.32. The van der Waals surface area contributed by atoms with E-state index in [-0.39, 0.29) is 11.4 Å². The molecule has 4 rings (SSSR count). The fraction of sp³-hybridized carbons (Fsp3) is 0.286. The van der Waals surface area contributed by atoms with E-state index in [1.54, 1.807) is 12.1 Å². The maximum Gasteiger partial charge on any atom is 0.240 e. The highest BCUT2D eigenvalue weighted by Gasteiger charge is 2.27. The van der Waals surface area contributed by atoms with E-state index in [1.807, 2.05) is 29.1 Å². The SMILES string of the molecule is COc1cccc(S(=O)(=O)NC[C@@H]2OCCc3cn(Cc4ccccc4)nc32)c1. The lowest BCUT2D eigenvalue weighted by Gasteiger charge is -2.22. The molecule has 0 amide bonds. The molecule has 1 aliphatic heterocycles. The molecule has 3 aromatic rings. The molecule has 0 saturated heterocycles. The standard InChI is InChI=1S/C21H23N3O4S/c1-27-18-8-5-9-19(12-18)29(25,26)22-13-20-21-17(10-11-28-20)15-24(23-21)14-16-6-3-2-4-7-16/h2-9,12,15,20,22H,10-11,13-14H2,1H3/t20-/m0/s1. The van der Waals surface area contributed by atoms with Gasteiger partial charge in [0.05, 0.1) is 30.9 Å². The van der Waals surface area contributed by atoms with E-state index in [0.29, 0.717) is 18.9 Å². The number of hydrogen-bond acceptors (Lipinski definition) is 5. The second-order valence-corrected chi connectivity index (χ2v) is 8.63. The maximum atomic E-state index is 12.7. The van der Waals surface area contributed by atoms with E-state index in [9.17, 15) is 8.42 Å². The topological polar surface area (TPSA) is 82.5 Å². The fourth-order valence-corrected chi connectivity index (χ4v) is 4.44. The Morgan fingerprint density at radius 1 is 1.21 bits per heavy atom. The van der Waals surface area contributed by atoms with Gasteiger partial charge in [-0.25, -0.2) is 13.1 Å². The van der Waals surface area contributed by atoms with Crippen LogP contribution in [0.15, 0.2) is 65.7 Å². The second-order valence-electron chi connectivity index (χ2n) is 6.86. The minimum Gasteiger partial charge on any atom is -0.497 e. The smallest absolute Gasteiger partial charge is 0.240 e. The van der Waals surface area contributed by atoms with Crippen LogP contribution in [0.5, 0.6) is 5.75 Å². The Bertz CT molecular complexity index is 1080. The van der Waals surface area contributed by atoms with Crippen LogP contribution in [0.3, 0.4) is 0 Å². The zero-order chi connectivity index (χ0) is 20.3. The number of rotatable bonds is 7. The highest BCUT2D eigenvalue weighted by molar-refractivity contribution is 7.89. The molecule has 8 heteroatoms. The van der Waals surface area contributed by atoms with Crippen molar-refractivity contribution in [2.75, 3.05) is 20.3 Å². The molecule has 0 spiro atoms. The van der Waals surface area contributed by atoms with Gasteiger partial charge in [0.1, 0.15) is 11.9 Å². The third-order valence-corrected chi connectivity index (χ3v) is 6.28. The summed E-state index contributed by atoms with van der Waals surface area (Å²) in [6.07, 6.45) is 2.37. The third-order valence-electron chi connectivity index (χ3n) is 4.86. The first kappa shape index (κ1) is 19.6. The molecule has 29 heavy (non-hydrogen) atoms. The number of sulfonamides is 1. The largest absolute Gasteiger partial charge is 0.497 e. The van der Waals surface area contributed by atoms with Gasteiger partial charge in [0, 0.05) is 18.8 Å². The Hall–Kier alpha value is -2.68. The first-order chi connectivity index (χ1) is 14.0. The lowest BCUT2D eigenvalue weighted by molar-refractivity contribution is 0.0430. The predicted molar refractivity (Wildman–Crippen MR) is 108 cm³/mol. The molecule has 0 fully saturated rings.